The van der Waals surface area contributed by atoms with Gasteiger partial charge < -0.3 is 31.2 Å². The molecule has 0 radical (unpaired) electrons. The molecule has 2 aromatic carbocycles. The first-order valence-corrected chi connectivity index (χ1v) is 21.1. The summed E-state index contributed by atoms with van der Waals surface area (Å²) in [7, 11) is -2.47. The first-order chi connectivity index (χ1) is 26.2. The molecule has 4 amide bonds. The number of oxime groups is 1. The minimum atomic E-state index is -4.08. The zero-order valence-corrected chi connectivity index (χ0v) is 33.9. The number of urea groups is 1. The van der Waals surface area contributed by atoms with E-state index in [1.165, 1.54) is 45.8 Å². The largest absolute Gasteiger partial charge is 0.411 e. The van der Waals surface area contributed by atoms with Crippen LogP contribution in [0.3, 0.4) is 0 Å². The summed E-state index contributed by atoms with van der Waals surface area (Å²) in [5.74, 6) is -0.822. The fourth-order valence-electron chi connectivity index (χ4n) is 6.67. The van der Waals surface area contributed by atoms with Crippen LogP contribution < -0.4 is 16.0 Å². The van der Waals surface area contributed by atoms with Gasteiger partial charge in [0.1, 0.15) is 11.0 Å². The maximum atomic E-state index is 14.1. The summed E-state index contributed by atoms with van der Waals surface area (Å²) in [5.41, 5.74) is 1.99. The van der Waals surface area contributed by atoms with E-state index in [0.717, 1.165) is 31.2 Å². The maximum Gasteiger partial charge on any atom is 0.318 e. The van der Waals surface area contributed by atoms with Crippen molar-refractivity contribution in [1.29, 1.82) is 0 Å². The number of carbonyl (C=O) groups excluding carboxylic acids is 3. The predicted octanol–water partition coefficient (Wildman–Crippen LogP) is 4.67. The molecular weight excluding hydrogens is 743 g/mol. The molecule has 5 N–H and O–H groups in total. The molecule has 14 nitrogen and oxygen atoms in total. The lowest BCUT2D eigenvalue weighted by Gasteiger charge is -2.33. The van der Waals surface area contributed by atoms with Crippen molar-refractivity contribution >= 4 is 45.4 Å². The topological polar surface area (TPSA) is 194 Å². The van der Waals surface area contributed by atoms with Gasteiger partial charge in [0.25, 0.3) is 0 Å². The SMILES string of the molecule is CC[C@H](C)[C@H](NC(=O)N(C)Cc1csc([C@H](C)NC(C)=O)n1)C(=O)N[C@@H](Cc1ccccc1)[C@@H](O)CN(CC1CCCC1)S(=O)(=O)c1ccc(/C=N/O)cc1. The number of amides is 4. The zero-order valence-electron chi connectivity index (χ0n) is 32.2. The van der Waals surface area contributed by atoms with Crippen molar-refractivity contribution in [3.05, 3.63) is 81.8 Å². The zero-order chi connectivity index (χ0) is 40.1. The van der Waals surface area contributed by atoms with Crippen LogP contribution in [0.2, 0.25) is 0 Å². The van der Waals surface area contributed by atoms with Gasteiger partial charge in [0.2, 0.25) is 21.8 Å². The second kappa shape index (κ2) is 20.5. The van der Waals surface area contributed by atoms with E-state index in [0.29, 0.717) is 22.7 Å². The number of hydrogen-bond acceptors (Lipinski definition) is 10. The van der Waals surface area contributed by atoms with Crippen molar-refractivity contribution in [3.63, 3.8) is 0 Å². The normalized spacial score (nSPS) is 16.3. The highest BCUT2D eigenvalue weighted by molar-refractivity contribution is 7.89. The molecule has 0 unspecified atom stereocenters. The van der Waals surface area contributed by atoms with E-state index in [1.54, 1.807) is 19.2 Å². The van der Waals surface area contributed by atoms with Crippen LogP contribution >= 0.6 is 11.3 Å². The number of benzene rings is 2. The Hall–Kier alpha value is -4.38. The number of sulfonamides is 1. The molecule has 5 atom stereocenters. The van der Waals surface area contributed by atoms with Crippen LogP contribution in [0, 0.1) is 11.8 Å². The maximum absolute atomic E-state index is 14.1. The quantitative estimate of drug-likeness (QED) is 0.0656. The molecule has 55 heavy (non-hydrogen) atoms. The third kappa shape index (κ3) is 12.6. The Balaban J connectivity index is 1.54. The molecule has 0 aliphatic heterocycles. The molecule has 1 heterocycles. The molecule has 16 heteroatoms. The molecule has 1 aromatic heterocycles. The van der Waals surface area contributed by atoms with Gasteiger partial charge >= 0.3 is 6.03 Å². The number of carbonyl (C=O) groups is 3. The summed E-state index contributed by atoms with van der Waals surface area (Å²) in [6, 6.07) is 12.7. The van der Waals surface area contributed by atoms with Crippen molar-refractivity contribution in [1.82, 2.24) is 30.1 Å². The van der Waals surface area contributed by atoms with Crippen molar-refractivity contribution < 1.29 is 33.1 Å². The molecule has 300 valence electrons. The van der Waals surface area contributed by atoms with E-state index in [2.05, 4.69) is 26.1 Å². The summed E-state index contributed by atoms with van der Waals surface area (Å²) < 4.78 is 29.6. The van der Waals surface area contributed by atoms with Crippen LogP contribution in [0.25, 0.3) is 0 Å². The fraction of sp³-hybridized carbons (Fsp3) is 0.513. The third-order valence-corrected chi connectivity index (χ3v) is 12.9. The highest BCUT2D eigenvalue weighted by atomic mass is 32.2. The Bertz CT molecular complexity index is 1830. The van der Waals surface area contributed by atoms with Crippen LogP contribution in [0.15, 0.2) is 70.0 Å². The fourth-order valence-corrected chi connectivity index (χ4v) is 9.02. The molecule has 1 fully saturated rings. The molecule has 0 spiro atoms. The van der Waals surface area contributed by atoms with Crippen LogP contribution in [0.4, 0.5) is 4.79 Å². The van der Waals surface area contributed by atoms with Crippen molar-refractivity contribution in [2.75, 3.05) is 20.1 Å². The van der Waals surface area contributed by atoms with Crippen LogP contribution in [-0.4, -0.2) is 95.3 Å². The Morgan fingerprint density at radius 2 is 1.71 bits per heavy atom. The highest BCUT2D eigenvalue weighted by Crippen LogP contribution is 2.28. The minimum absolute atomic E-state index is 0.0382. The number of aliphatic hydroxyl groups is 1. The third-order valence-electron chi connectivity index (χ3n) is 10.0. The lowest BCUT2D eigenvalue weighted by atomic mass is 9.96. The lowest BCUT2D eigenvalue weighted by Crippen LogP contribution is -2.58. The van der Waals surface area contributed by atoms with E-state index >= 15 is 0 Å². The number of aromatic nitrogens is 1. The second-order valence-electron chi connectivity index (χ2n) is 14.4. The van der Waals surface area contributed by atoms with Crippen LogP contribution in [0.1, 0.15) is 87.7 Å². The number of hydrogen-bond donors (Lipinski definition) is 5. The van der Waals surface area contributed by atoms with E-state index in [9.17, 15) is 27.9 Å². The van der Waals surface area contributed by atoms with Gasteiger partial charge in [0, 0.05) is 32.4 Å². The molecule has 0 saturated heterocycles. The van der Waals surface area contributed by atoms with Crippen LogP contribution in [0.5, 0.6) is 0 Å². The Morgan fingerprint density at radius 1 is 1.04 bits per heavy atom. The van der Waals surface area contributed by atoms with E-state index < -0.39 is 40.1 Å². The Labute approximate surface area is 328 Å². The average molecular weight is 798 g/mol. The number of aliphatic hydroxyl groups excluding tert-OH is 1. The highest BCUT2D eigenvalue weighted by Gasteiger charge is 2.35. The number of nitrogens with one attached hydrogen (secondary N) is 3. The molecule has 1 saturated carbocycles. The van der Waals surface area contributed by atoms with Gasteiger partial charge in [-0.2, -0.15) is 4.31 Å². The first-order valence-electron chi connectivity index (χ1n) is 18.7. The minimum Gasteiger partial charge on any atom is -0.411 e. The molecule has 1 aliphatic carbocycles. The summed E-state index contributed by atoms with van der Waals surface area (Å²) in [6.07, 6.45) is 4.44. The molecule has 0 bridgehead atoms. The van der Waals surface area contributed by atoms with Crippen molar-refractivity contribution in [2.45, 2.75) is 102 Å². The Kier molecular flexibility index (Phi) is 16.2. The van der Waals surface area contributed by atoms with E-state index in [1.807, 2.05) is 56.5 Å². The second-order valence-corrected chi connectivity index (χ2v) is 17.3. The van der Waals surface area contributed by atoms with E-state index in [4.69, 9.17) is 5.21 Å². The average Bonchev–Trinajstić information content (AvgIpc) is 3.86. The monoisotopic (exact) mass is 797 g/mol. The summed E-state index contributed by atoms with van der Waals surface area (Å²) in [4.78, 5) is 45.2. The van der Waals surface area contributed by atoms with Gasteiger partial charge in [-0.1, -0.05) is 80.7 Å². The standard InChI is InChI=1S/C39H55N7O7S2/c1-6-26(2)36(44-39(50)45(5)23-32-25-54-38(42-32)27(3)41-28(4)47)37(49)43-34(20-29-12-8-7-9-13-29)35(48)24-46(22-31-14-10-11-15-31)55(52,53)33-18-16-30(17-19-33)21-40-51/h7-9,12-13,16-19,21,25-27,31,34-36,48,51H,6,10-11,14-15,20,22-24H2,1-5H3,(H,41,47)(H,43,49)(H,44,50)/b40-21+/t26-,27-,34-,35-,36-/m0/s1. The van der Waals surface area contributed by atoms with Gasteiger partial charge in [-0.25, -0.2) is 18.2 Å². The first kappa shape index (κ1) is 43.3. The summed E-state index contributed by atoms with van der Waals surface area (Å²) in [5, 5.41) is 35.0. The number of rotatable bonds is 19. The van der Waals surface area contributed by atoms with Crippen LogP contribution in [-0.2, 0) is 32.6 Å². The van der Waals surface area contributed by atoms with E-state index in [-0.39, 0.29) is 54.7 Å². The van der Waals surface area contributed by atoms with Gasteiger partial charge in [0.15, 0.2) is 0 Å². The number of nitrogens with zero attached hydrogens (tertiary/aromatic N) is 4. The number of thiazole rings is 1. The van der Waals surface area contributed by atoms with Crippen molar-refractivity contribution in [2.24, 2.45) is 17.0 Å². The van der Waals surface area contributed by atoms with Gasteiger partial charge in [-0.3, -0.25) is 9.59 Å². The van der Waals surface area contributed by atoms with Gasteiger partial charge in [-0.15, -0.1) is 11.3 Å². The summed E-state index contributed by atoms with van der Waals surface area (Å²) >= 11 is 1.38. The van der Waals surface area contributed by atoms with Crippen molar-refractivity contribution in [3.8, 4) is 0 Å². The van der Waals surface area contributed by atoms with Gasteiger partial charge in [0.05, 0.1) is 41.5 Å². The summed E-state index contributed by atoms with van der Waals surface area (Å²) in [6.45, 7) is 7.16. The molecule has 3 aromatic rings. The lowest BCUT2D eigenvalue weighted by molar-refractivity contribution is -0.125. The Morgan fingerprint density at radius 3 is 2.33 bits per heavy atom. The molecule has 4 rings (SSSR count). The predicted molar refractivity (Wildman–Crippen MR) is 212 cm³/mol. The van der Waals surface area contributed by atoms with Gasteiger partial charge in [-0.05, 0) is 61.3 Å². The smallest absolute Gasteiger partial charge is 0.318 e. The molecular formula is C39H55N7O7S2. The molecule has 1 aliphatic rings.